The topological polar surface area (TPSA) is 36.1 Å². The summed E-state index contributed by atoms with van der Waals surface area (Å²) in [6.07, 6.45) is 4.23. The minimum Gasteiger partial charge on any atom is -0.497 e. The number of nitrogens with zero attached hydrogens (tertiary/aromatic N) is 4. The van der Waals surface area contributed by atoms with E-state index in [0.29, 0.717) is 0 Å². The fourth-order valence-corrected chi connectivity index (χ4v) is 4.00. The van der Waals surface area contributed by atoms with Crippen molar-refractivity contribution in [3.8, 4) is 22.9 Å². The number of rotatable bonds is 4. The SMILES string of the molecule is COc1ccc(-n2c[n+](C)c3cc4c(cc32)n(-c2ccc(OC)cc2)c[n+]4C)cc1. The Kier molecular flexibility index (Phi) is 4.20. The number of ether oxygens (including phenoxy) is 2. The molecule has 0 aliphatic carbocycles. The normalized spacial score (nSPS) is 11.3. The smallest absolute Gasteiger partial charge is 0.249 e. The summed E-state index contributed by atoms with van der Waals surface area (Å²) < 4.78 is 19.3. The highest BCUT2D eigenvalue weighted by molar-refractivity contribution is 5.90. The summed E-state index contributed by atoms with van der Waals surface area (Å²) >= 11 is 0. The monoisotopic (exact) mass is 400 g/mol. The number of aromatic nitrogens is 4. The van der Waals surface area contributed by atoms with Crippen LogP contribution in [0.5, 0.6) is 11.5 Å². The largest absolute Gasteiger partial charge is 0.497 e. The summed E-state index contributed by atoms with van der Waals surface area (Å²) in [5, 5.41) is 0. The van der Waals surface area contributed by atoms with Crippen LogP contribution in [0.3, 0.4) is 0 Å². The van der Waals surface area contributed by atoms with E-state index in [-0.39, 0.29) is 0 Å². The van der Waals surface area contributed by atoms with Gasteiger partial charge in [0.05, 0.1) is 28.3 Å². The zero-order valence-corrected chi connectivity index (χ0v) is 17.5. The molecule has 5 rings (SSSR count). The van der Waals surface area contributed by atoms with Crippen molar-refractivity contribution in [3.05, 3.63) is 73.3 Å². The molecule has 2 heterocycles. The second-order valence-electron chi connectivity index (χ2n) is 7.42. The molecule has 0 aliphatic rings. The standard InChI is InChI=1S/C24H24N4O2/c1-25-15-27(17-5-9-19(29-3)10-6-17)23-14-24-22(13-21(23)25)26(2)16-28(24)18-7-11-20(30-4)12-8-18/h5-16H,1-4H3/q+2. The highest BCUT2D eigenvalue weighted by Crippen LogP contribution is 2.26. The van der Waals surface area contributed by atoms with E-state index in [0.717, 1.165) is 33.9 Å². The van der Waals surface area contributed by atoms with Gasteiger partial charge in [-0.05, 0) is 48.5 Å². The minimum absolute atomic E-state index is 0.849. The first-order valence-corrected chi connectivity index (χ1v) is 9.79. The molecule has 0 aliphatic heterocycles. The highest BCUT2D eigenvalue weighted by Gasteiger charge is 2.23. The third kappa shape index (κ3) is 2.80. The van der Waals surface area contributed by atoms with Crippen LogP contribution in [0.1, 0.15) is 0 Å². The van der Waals surface area contributed by atoms with Crippen LogP contribution in [0.2, 0.25) is 0 Å². The third-order valence-electron chi connectivity index (χ3n) is 5.63. The van der Waals surface area contributed by atoms with Crippen molar-refractivity contribution in [1.82, 2.24) is 9.13 Å². The van der Waals surface area contributed by atoms with Crippen molar-refractivity contribution in [2.45, 2.75) is 0 Å². The maximum absolute atomic E-state index is 5.31. The van der Waals surface area contributed by atoms with Crippen LogP contribution in [0.15, 0.2) is 73.3 Å². The zero-order chi connectivity index (χ0) is 20.8. The van der Waals surface area contributed by atoms with Crippen molar-refractivity contribution in [2.24, 2.45) is 14.1 Å². The number of imidazole rings is 2. The van der Waals surface area contributed by atoms with Gasteiger partial charge in [-0.25, -0.2) is 9.13 Å². The van der Waals surface area contributed by atoms with Gasteiger partial charge in [0.2, 0.25) is 12.7 Å². The van der Waals surface area contributed by atoms with Crippen molar-refractivity contribution < 1.29 is 18.6 Å². The summed E-state index contributed by atoms with van der Waals surface area (Å²) in [6, 6.07) is 20.7. The maximum Gasteiger partial charge on any atom is 0.249 e. The van der Waals surface area contributed by atoms with Crippen LogP contribution in [-0.2, 0) is 14.1 Å². The molecule has 0 amide bonds. The summed E-state index contributed by atoms with van der Waals surface area (Å²) in [4.78, 5) is 0. The number of methoxy groups -OCH3 is 2. The van der Waals surface area contributed by atoms with Gasteiger partial charge in [-0.2, -0.15) is 9.13 Å². The Morgan fingerprint density at radius 1 is 0.600 bits per heavy atom. The number of fused-ring (bicyclic) bond motifs is 2. The molecule has 0 saturated heterocycles. The van der Waals surface area contributed by atoms with Crippen molar-refractivity contribution in [3.63, 3.8) is 0 Å². The van der Waals surface area contributed by atoms with Crippen LogP contribution in [0.25, 0.3) is 33.4 Å². The average Bonchev–Trinajstić information content (AvgIpc) is 3.29. The molecule has 2 aromatic heterocycles. The lowest BCUT2D eigenvalue weighted by Crippen LogP contribution is -2.27. The summed E-state index contributed by atoms with van der Waals surface area (Å²) in [5.41, 5.74) is 6.80. The Morgan fingerprint density at radius 2 is 1.00 bits per heavy atom. The van der Waals surface area contributed by atoms with E-state index >= 15 is 0 Å². The van der Waals surface area contributed by atoms with E-state index in [1.54, 1.807) is 14.2 Å². The van der Waals surface area contributed by atoms with Crippen LogP contribution in [-0.4, -0.2) is 23.4 Å². The Hall–Kier alpha value is -3.80. The quantitative estimate of drug-likeness (QED) is 0.434. The molecule has 0 saturated carbocycles. The molecule has 30 heavy (non-hydrogen) atoms. The van der Waals surface area contributed by atoms with Crippen molar-refractivity contribution in [1.29, 1.82) is 0 Å². The molecule has 3 aromatic carbocycles. The van der Waals surface area contributed by atoms with Gasteiger partial charge >= 0.3 is 0 Å². The predicted molar refractivity (Wildman–Crippen MR) is 116 cm³/mol. The highest BCUT2D eigenvalue weighted by atomic mass is 16.5. The number of hydrogen-bond donors (Lipinski definition) is 0. The molecular formula is C24H24N4O2+2. The molecule has 0 atom stereocenters. The summed E-state index contributed by atoms with van der Waals surface area (Å²) in [7, 11) is 7.53. The molecule has 6 nitrogen and oxygen atoms in total. The van der Waals surface area contributed by atoms with Gasteiger partial charge in [-0.1, -0.05) is 0 Å². The molecule has 150 valence electrons. The third-order valence-corrected chi connectivity index (χ3v) is 5.63. The predicted octanol–water partition coefficient (Wildman–Crippen LogP) is 3.24. The lowest BCUT2D eigenvalue weighted by atomic mass is 10.2. The van der Waals surface area contributed by atoms with E-state index in [1.807, 2.05) is 24.3 Å². The number of benzene rings is 3. The molecular weight excluding hydrogens is 376 g/mol. The van der Waals surface area contributed by atoms with Crippen LogP contribution >= 0.6 is 0 Å². The van der Waals surface area contributed by atoms with E-state index in [2.05, 4.69) is 81.4 Å². The number of aryl methyl sites for hydroxylation is 2. The first-order valence-electron chi connectivity index (χ1n) is 9.79. The molecule has 0 spiro atoms. The van der Waals surface area contributed by atoms with Gasteiger partial charge in [0, 0.05) is 12.1 Å². The Bertz CT molecular complexity index is 1260. The van der Waals surface area contributed by atoms with E-state index in [1.165, 1.54) is 11.0 Å². The van der Waals surface area contributed by atoms with Crippen molar-refractivity contribution >= 4 is 22.1 Å². The average molecular weight is 400 g/mol. The van der Waals surface area contributed by atoms with Crippen molar-refractivity contribution in [2.75, 3.05) is 14.2 Å². The molecule has 0 bridgehead atoms. The Balaban J connectivity index is 1.73. The lowest BCUT2D eigenvalue weighted by Gasteiger charge is -2.02. The van der Waals surface area contributed by atoms with E-state index < -0.39 is 0 Å². The fourth-order valence-electron chi connectivity index (χ4n) is 4.00. The number of hydrogen-bond acceptors (Lipinski definition) is 2. The lowest BCUT2D eigenvalue weighted by molar-refractivity contribution is -0.649. The molecule has 0 unspecified atom stereocenters. The van der Waals surface area contributed by atoms with E-state index in [4.69, 9.17) is 9.47 Å². The van der Waals surface area contributed by atoms with Crippen LogP contribution < -0.4 is 18.6 Å². The van der Waals surface area contributed by atoms with Gasteiger partial charge < -0.3 is 9.47 Å². The van der Waals surface area contributed by atoms with Gasteiger partial charge in [0.25, 0.3) is 0 Å². The Morgan fingerprint density at radius 3 is 1.37 bits per heavy atom. The minimum atomic E-state index is 0.849. The van der Waals surface area contributed by atoms with Crippen LogP contribution in [0, 0.1) is 0 Å². The zero-order valence-electron chi connectivity index (χ0n) is 17.5. The van der Waals surface area contributed by atoms with E-state index in [9.17, 15) is 0 Å². The molecule has 0 N–H and O–H groups in total. The van der Waals surface area contributed by atoms with Gasteiger partial charge in [-0.15, -0.1) is 0 Å². The summed E-state index contributed by atoms with van der Waals surface area (Å²) in [5.74, 6) is 1.70. The molecule has 6 heteroatoms. The first kappa shape index (κ1) is 18.2. The fraction of sp³-hybridized carbons (Fsp3) is 0.167. The summed E-state index contributed by atoms with van der Waals surface area (Å²) in [6.45, 7) is 0. The Labute approximate surface area is 174 Å². The molecule has 0 fully saturated rings. The molecule has 0 radical (unpaired) electrons. The maximum atomic E-state index is 5.31. The van der Waals surface area contributed by atoms with Gasteiger partial charge in [-0.3, -0.25) is 0 Å². The van der Waals surface area contributed by atoms with Gasteiger partial charge in [0.15, 0.2) is 22.1 Å². The second kappa shape index (κ2) is 6.91. The second-order valence-corrected chi connectivity index (χ2v) is 7.42. The molecule has 5 aromatic rings. The first-order chi connectivity index (χ1) is 14.6. The van der Waals surface area contributed by atoms with Gasteiger partial charge in [0.1, 0.15) is 22.9 Å². The van der Waals surface area contributed by atoms with Crippen LogP contribution in [0.4, 0.5) is 0 Å².